The highest BCUT2D eigenvalue weighted by atomic mass is 16.5. The second-order valence-electron chi connectivity index (χ2n) is 5.88. The maximum Gasteiger partial charge on any atom is 0.0876 e. The zero-order chi connectivity index (χ0) is 14.3. The molecule has 1 heterocycles. The fourth-order valence-electron chi connectivity index (χ4n) is 3.14. The molecule has 0 aliphatic carbocycles. The Bertz CT molecular complexity index is 282. The van der Waals surface area contributed by atoms with E-state index in [0.29, 0.717) is 6.04 Å². The molecule has 0 saturated heterocycles. The van der Waals surface area contributed by atoms with E-state index in [1.54, 1.807) is 0 Å². The maximum absolute atomic E-state index is 5.56. The van der Waals surface area contributed by atoms with Crippen molar-refractivity contribution in [1.29, 1.82) is 0 Å². The van der Waals surface area contributed by atoms with E-state index in [0.717, 1.165) is 39.1 Å². The number of likely N-dealkylation sites (N-methyl/N-ethyl adjacent to an activating group) is 1. The average Bonchev–Trinajstić information content (AvgIpc) is 2.41. The molecule has 1 unspecified atom stereocenters. The molecule has 1 N–H and O–H groups in total. The number of rotatable bonds is 8. The smallest absolute Gasteiger partial charge is 0.0876 e. The Hall–Kier alpha value is -0.540. The summed E-state index contributed by atoms with van der Waals surface area (Å²) in [6, 6.07) is 0.382. The molecule has 19 heavy (non-hydrogen) atoms. The lowest BCUT2D eigenvalue weighted by molar-refractivity contribution is 0.0972. The molecule has 0 aromatic rings. The van der Waals surface area contributed by atoms with Crippen LogP contribution in [0.3, 0.4) is 0 Å². The second-order valence-corrected chi connectivity index (χ2v) is 5.88. The summed E-state index contributed by atoms with van der Waals surface area (Å²) in [7, 11) is 0. The molecule has 0 saturated carbocycles. The Labute approximate surface area is 119 Å². The van der Waals surface area contributed by atoms with Crippen LogP contribution < -0.4 is 5.32 Å². The minimum absolute atomic E-state index is 0.116. The zero-order valence-corrected chi connectivity index (χ0v) is 13.5. The molecule has 3 heteroatoms. The normalized spacial score (nSPS) is 18.1. The van der Waals surface area contributed by atoms with E-state index in [4.69, 9.17) is 4.74 Å². The number of hydrogen-bond donors (Lipinski definition) is 1. The van der Waals surface area contributed by atoms with E-state index in [1.807, 2.05) is 6.26 Å². The zero-order valence-electron chi connectivity index (χ0n) is 13.5. The number of ether oxygens (including phenoxy) is 1. The Morgan fingerprint density at radius 1 is 1.32 bits per heavy atom. The fraction of sp³-hybridized carbons (Fsp3) is 0.875. The van der Waals surface area contributed by atoms with Gasteiger partial charge < -0.3 is 10.1 Å². The molecule has 0 aromatic heterocycles. The summed E-state index contributed by atoms with van der Waals surface area (Å²) in [6.45, 7) is 15.5. The molecule has 0 radical (unpaired) electrons. The quantitative estimate of drug-likeness (QED) is 0.732. The van der Waals surface area contributed by atoms with Crippen molar-refractivity contribution in [1.82, 2.24) is 10.2 Å². The van der Waals surface area contributed by atoms with E-state index in [1.165, 1.54) is 12.0 Å². The third-order valence-corrected chi connectivity index (χ3v) is 4.22. The van der Waals surface area contributed by atoms with E-state index >= 15 is 0 Å². The molecular formula is C16H32N2O. The van der Waals surface area contributed by atoms with Crippen LogP contribution in [0, 0.1) is 0 Å². The molecular weight excluding hydrogens is 236 g/mol. The largest absolute Gasteiger partial charge is 0.501 e. The highest BCUT2D eigenvalue weighted by Crippen LogP contribution is 2.28. The third kappa shape index (κ3) is 4.22. The van der Waals surface area contributed by atoms with Gasteiger partial charge in [0.15, 0.2) is 0 Å². The molecule has 1 aliphatic rings. The Morgan fingerprint density at radius 3 is 2.47 bits per heavy atom. The summed E-state index contributed by atoms with van der Waals surface area (Å²) in [6.07, 6.45) is 5.47. The number of nitrogens with zero attached hydrogens (tertiary/aromatic N) is 1. The first-order valence-electron chi connectivity index (χ1n) is 7.86. The summed E-state index contributed by atoms with van der Waals surface area (Å²) in [5.41, 5.74) is 1.54. The molecule has 3 nitrogen and oxygen atoms in total. The van der Waals surface area contributed by atoms with Gasteiger partial charge in [0, 0.05) is 11.6 Å². The minimum atomic E-state index is 0.116. The van der Waals surface area contributed by atoms with E-state index in [-0.39, 0.29) is 5.54 Å². The Balaban J connectivity index is 2.90. The first kappa shape index (κ1) is 16.5. The first-order valence-corrected chi connectivity index (χ1v) is 7.86. The van der Waals surface area contributed by atoms with Gasteiger partial charge in [-0.15, -0.1) is 0 Å². The molecule has 112 valence electrons. The molecule has 0 fully saturated rings. The van der Waals surface area contributed by atoms with Gasteiger partial charge in [0.25, 0.3) is 0 Å². The summed E-state index contributed by atoms with van der Waals surface area (Å²) in [5.74, 6) is 0. The molecule has 1 aliphatic heterocycles. The van der Waals surface area contributed by atoms with Gasteiger partial charge in [0.2, 0.25) is 0 Å². The van der Waals surface area contributed by atoms with E-state index in [2.05, 4.69) is 44.8 Å². The summed E-state index contributed by atoms with van der Waals surface area (Å²) in [4.78, 5) is 2.54. The van der Waals surface area contributed by atoms with Crippen LogP contribution in [0.25, 0.3) is 0 Å². The van der Waals surface area contributed by atoms with Crippen molar-refractivity contribution in [3.63, 3.8) is 0 Å². The van der Waals surface area contributed by atoms with Crippen LogP contribution in [0.1, 0.15) is 53.9 Å². The van der Waals surface area contributed by atoms with Crippen molar-refractivity contribution in [2.75, 3.05) is 26.2 Å². The SMILES string of the molecule is CCCNC(C1=COCCC1)C(C)(C)N(CC)CC. The predicted octanol–water partition coefficient (Wildman–Crippen LogP) is 3.17. The van der Waals surface area contributed by atoms with Gasteiger partial charge in [-0.05, 0) is 58.3 Å². The van der Waals surface area contributed by atoms with Crippen molar-refractivity contribution >= 4 is 0 Å². The van der Waals surface area contributed by atoms with Crippen molar-refractivity contribution in [3.8, 4) is 0 Å². The van der Waals surface area contributed by atoms with Crippen LogP contribution in [0.15, 0.2) is 11.8 Å². The third-order valence-electron chi connectivity index (χ3n) is 4.22. The van der Waals surface area contributed by atoms with Gasteiger partial charge in [0.05, 0.1) is 12.9 Å². The van der Waals surface area contributed by atoms with Gasteiger partial charge in [-0.2, -0.15) is 0 Å². The van der Waals surface area contributed by atoms with Crippen LogP contribution in [0.5, 0.6) is 0 Å². The van der Waals surface area contributed by atoms with Crippen molar-refractivity contribution < 1.29 is 4.74 Å². The minimum Gasteiger partial charge on any atom is -0.501 e. The predicted molar refractivity (Wildman–Crippen MR) is 82.4 cm³/mol. The highest BCUT2D eigenvalue weighted by Gasteiger charge is 2.36. The van der Waals surface area contributed by atoms with Crippen LogP contribution in [0.4, 0.5) is 0 Å². The van der Waals surface area contributed by atoms with Crippen molar-refractivity contribution in [2.24, 2.45) is 0 Å². The lowest BCUT2D eigenvalue weighted by Gasteiger charge is -2.45. The van der Waals surface area contributed by atoms with Gasteiger partial charge in [-0.3, -0.25) is 4.90 Å². The number of hydrogen-bond acceptors (Lipinski definition) is 3. The van der Waals surface area contributed by atoms with Crippen LogP contribution in [-0.4, -0.2) is 42.7 Å². The molecule has 1 rings (SSSR count). The average molecular weight is 268 g/mol. The standard InChI is InChI=1S/C16H32N2O/c1-6-11-17-15(14-10-9-12-19-13-14)16(4,5)18(7-2)8-3/h13,15,17H,6-12H2,1-5H3. The van der Waals surface area contributed by atoms with E-state index in [9.17, 15) is 0 Å². The van der Waals surface area contributed by atoms with Gasteiger partial charge >= 0.3 is 0 Å². The van der Waals surface area contributed by atoms with Crippen molar-refractivity contribution in [2.45, 2.75) is 65.5 Å². The van der Waals surface area contributed by atoms with Crippen LogP contribution in [0.2, 0.25) is 0 Å². The van der Waals surface area contributed by atoms with Gasteiger partial charge in [-0.1, -0.05) is 20.8 Å². The maximum atomic E-state index is 5.56. The first-order chi connectivity index (χ1) is 9.07. The van der Waals surface area contributed by atoms with Crippen molar-refractivity contribution in [3.05, 3.63) is 11.8 Å². The second kappa shape index (κ2) is 7.91. The highest BCUT2D eigenvalue weighted by molar-refractivity contribution is 5.17. The van der Waals surface area contributed by atoms with E-state index < -0.39 is 0 Å². The summed E-state index contributed by atoms with van der Waals surface area (Å²) in [5, 5.41) is 3.74. The lowest BCUT2D eigenvalue weighted by Crippen LogP contribution is -2.58. The van der Waals surface area contributed by atoms with Crippen LogP contribution >= 0.6 is 0 Å². The summed E-state index contributed by atoms with van der Waals surface area (Å²) < 4.78 is 5.56. The number of nitrogens with one attached hydrogen (secondary N) is 1. The Kier molecular flexibility index (Phi) is 6.87. The molecule has 0 amide bonds. The topological polar surface area (TPSA) is 24.5 Å². The fourth-order valence-corrected chi connectivity index (χ4v) is 3.14. The Morgan fingerprint density at radius 2 is 2.00 bits per heavy atom. The monoisotopic (exact) mass is 268 g/mol. The summed E-state index contributed by atoms with van der Waals surface area (Å²) >= 11 is 0. The van der Waals surface area contributed by atoms with Gasteiger partial charge in [-0.25, -0.2) is 0 Å². The van der Waals surface area contributed by atoms with Crippen LogP contribution in [-0.2, 0) is 4.74 Å². The molecule has 0 aromatic carbocycles. The molecule has 0 bridgehead atoms. The van der Waals surface area contributed by atoms with Gasteiger partial charge in [0.1, 0.15) is 0 Å². The molecule has 0 spiro atoms. The lowest BCUT2D eigenvalue weighted by atomic mass is 9.84. The molecule has 1 atom stereocenters.